The second kappa shape index (κ2) is 11.5. The Morgan fingerprint density at radius 1 is 1.10 bits per heavy atom. The van der Waals surface area contributed by atoms with Gasteiger partial charge in [-0.3, -0.25) is 19.3 Å². The number of halogens is 2. The molecule has 0 saturated carbocycles. The number of fused-ring (bicyclic) bond motifs is 3. The summed E-state index contributed by atoms with van der Waals surface area (Å²) in [5, 5.41) is 3.64. The second-order valence-corrected chi connectivity index (χ2v) is 11.2. The first-order chi connectivity index (χ1) is 18.7. The van der Waals surface area contributed by atoms with E-state index in [2.05, 4.69) is 19.9 Å². The van der Waals surface area contributed by atoms with Crippen molar-refractivity contribution in [3.05, 3.63) is 74.6 Å². The zero-order valence-electron chi connectivity index (χ0n) is 20.9. The highest BCUT2D eigenvalue weighted by atomic mass is 35.5. The van der Waals surface area contributed by atoms with E-state index in [1.54, 1.807) is 24.3 Å². The number of amides is 3. The van der Waals surface area contributed by atoms with Crippen LogP contribution in [-0.2, 0) is 14.3 Å². The minimum atomic E-state index is -0.723. The Morgan fingerprint density at radius 2 is 1.82 bits per heavy atom. The van der Waals surface area contributed by atoms with Gasteiger partial charge in [-0.25, -0.2) is 4.79 Å². The molecule has 2 bridgehead atoms. The third-order valence-corrected chi connectivity index (χ3v) is 8.49. The topological polar surface area (TPSA) is 108 Å². The number of hydrogen-bond acceptors (Lipinski definition) is 7. The van der Waals surface area contributed by atoms with Crippen LogP contribution in [0.1, 0.15) is 33.6 Å². The van der Waals surface area contributed by atoms with E-state index in [0.717, 1.165) is 50.3 Å². The Labute approximate surface area is 239 Å². The fourth-order valence-corrected chi connectivity index (χ4v) is 6.32. The Balaban J connectivity index is 1.40. The van der Waals surface area contributed by atoms with Gasteiger partial charge in [-0.1, -0.05) is 23.2 Å². The van der Waals surface area contributed by atoms with Crippen LogP contribution in [0.15, 0.2) is 58.4 Å². The van der Waals surface area contributed by atoms with Crippen molar-refractivity contribution in [3.63, 3.8) is 0 Å². The molecule has 4 saturated heterocycles. The number of nitrogens with one attached hydrogen (secondary N) is 1. The molecule has 1 atom stereocenters. The molecule has 6 rings (SSSR count). The van der Waals surface area contributed by atoms with Crippen LogP contribution in [0, 0.1) is 5.92 Å². The summed E-state index contributed by atoms with van der Waals surface area (Å²) >= 11 is 13.0. The first-order valence-corrected chi connectivity index (χ1v) is 13.8. The summed E-state index contributed by atoms with van der Waals surface area (Å²) in [6, 6.07) is 10.9. The molecule has 4 aliphatic rings. The largest absolute Gasteiger partial charge is 0.466 e. The van der Waals surface area contributed by atoms with Crippen LogP contribution in [-0.4, -0.2) is 66.5 Å². The molecule has 0 aromatic heterocycles. The number of anilines is 1. The Bertz CT molecular complexity index is 1400. The number of piperidine rings is 3. The smallest absolute Gasteiger partial charge is 0.331 e. The number of esters is 1. The summed E-state index contributed by atoms with van der Waals surface area (Å²) in [5.74, 6) is -1.68. The normalized spacial score (nSPS) is 24.3. The van der Waals surface area contributed by atoms with Crippen LogP contribution in [0.25, 0.3) is 0 Å². The lowest BCUT2D eigenvalue weighted by molar-refractivity contribution is -0.135. The van der Waals surface area contributed by atoms with Crippen LogP contribution >= 0.6 is 35.0 Å². The molecule has 39 heavy (non-hydrogen) atoms. The maximum atomic E-state index is 13.3. The van der Waals surface area contributed by atoms with Crippen LogP contribution in [0.5, 0.6) is 0 Å². The number of aliphatic imine (C=N–C) groups is 1. The fourth-order valence-electron chi connectivity index (χ4n) is 4.89. The molecule has 4 heterocycles. The molecular weight excluding hydrogens is 563 g/mol. The van der Waals surface area contributed by atoms with Gasteiger partial charge >= 0.3 is 5.97 Å². The highest BCUT2D eigenvalue weighted by Gasteiger charge is 2.37. The molecule has 1 unspecified atom stereocenters. The van der Waals surface area contributed by atoms with Crippen molar-refractivity contribution in [3.8, 4) is 0 Å². The Hall–Kier alpha value is -3.18. The molecule has 1 N–H and O–H groups in total. The maximum absolute atomic E-state index is 13.3. The number of thioether (sulfide) groups is 1. The van der Waals surface area contributed by atoms with E-state index in [-0.39, 0.29) is 32.6 Å². The van der Waals surface area contributed by atoms with Gasteiger partial charge in [-0.15, -0.1) is 0 Å². The predicted molar refractivity (Wildman–Crippen MR) is 150 cm³/mol. The molecular formula is C27H24Cl2N4O5S. The average molecular weight is 587 g/mol. The molecule has 4 aliphatic heterocycles. The van der Waals surface area contributed by atoms with E-state index < -0.39 is 17.8 Å². The van der Waals surface area contributed by atoms with Crippen molar-refractivity contribution in [1.29, 1.82) is 0 Å². The summed E-state index contributed by atoms with van der Waals surface area (Å²) in [6.07, 6.45) is 3.21. The third-order valence-electron chi connectivity index (χ3n) is 6.98. The maximum Gasteiger partial charge on any atom is 0.331 e. The lowest BCUT2D eigenvalue weighted by Gasteiger charge is -2.44. The zero-order valence-corrected chi connectivity index (χ0v) is 23.2. The number of carbonyl (C=O) groups is 4. The summed E-state index contributed by atoms with van der Waals surface area (Å²) < 4.78 is 4.65. The molecule has 0 aliphatic carbocycles. The van der Waals surface area contributed by atoms with Gasteiger partial charge in [0.2, 0.25) is 0 Å². The van der Waals surface area contributed by atoms with E-state index in [1.165, 1.54) is 30.2 Å². The van der Waals surface area contributed by atoms with Crippen LogP contribution in [0.4, 0.5) is 5.69 Å². The molecule has 12 heteroatoms. The molecule has 202 valence electrons. The van der Waals surface area contributed by atoms with Gasteiger partial charge in [0, 0.05) is 29.2 Å². The number of hydrogen-bond donors (Lipinski definition) is 1. The molecule has 3 amide bonds. The van der Waals surface area contributed by atoms with Crippen molar-refractivity contribution in [2.24, 2.45) is 10.9 Å². The van der Waals surface area contributed by atoms with Crippen LogP contribution < -0.4 is 10.2 Å². The quantitative estimate of drug-likeness (QED) is 0.414. The molecule has 2 aromatic carbocycles. The summed E-state index contributed by atoms with van der Waals surface area (Å²) in [4.78, 5) is 58.7. The fraction of sp³-hybridized carbons (Fsp3) is 0.296. The number of carbonyl (C=O) groups excluding carboxylic acids is 4. The SMILES string of the molecule is COC(=O)C=C1SC(=NC(=O)c2ccc(Cl)cc2Cl)N(c2ccc(C(=O)NC3CN4CCC3CC4)cc2)C1=O. The number of ether oxygens (including phenoxy) is 1. The lowest BCUT2D eigenvalue weighted by Crippen LogP contribution is -2.57. The standard InChI is InChI=1S/C27H24Cl2N4O5S/c1-38-23(34)13-22-26(37)33(27(39-22)31-25(36)19-7-4-17(28)12-20(19)29)18-5-2-16(3-6-18)24(35)30-21-14-32-10-8-15(21)9-11-32/h2-7,12-13,15,21H,8-11,14H2,1H3,(H,30,35). The van der Waals surface area contributed by atoms with Crippen molar-refractivity contribution < 1.29 is 23.9 Å². The number of amidine groups is 1. The highest BCUT2D eigenvalue weighted by molar-refractivity contribution is 8.19. The molecule has 0 radical (unpaired) electrons. The monoisotopic (exact) mass is 586 g/mol. The van der Waals surface area contributed by atoms with E-state index in [4.69, 9.17) is 23.2 Å². The number of methoxy groups -OCH3 is 1. The summed E-state index contributed by atoms with van der Waals surface area (Å²) in [6.45, 7) is 3.02. The third kappa shape index (κ3) is 5.89. The van der Waals surface area contributed by atoms with Gasteiger partial charge in [0.1, 0.15) is 0 Å². The van der Waals surface area contributed by atoms with Crippen molar-refractivity contribution >= 4 is 69.5 Å². The van der Waals surface area contributed by atoms with E-state index in [0.29, 0.717) is 22.2 Å². The molecule has 2 aromatic rings. The lowest BCUT2D eigenvalue weighted by atomic mass is 9.84. The van der Waals surface area contributed by atoms with E-state index in [9.17, 15) is 19.2 Å². The first kappa shape index (κ1) is 27.4. The minimum Gasteiger partial charge on any atom is -0.466 e. The van der Waals surface area contributed by atoms with Gasteiger partial charge in [-0.05, 0) is 86.1 Å². The molecule has 9 nitrogen and oxygen atoms in total. The molecule has 4 fully saturated rings. The van der Waals surface area contributed by atoms with Crippen LogP contribution in [0.3, 0.4) is 0 Å². The number of benzene rings is 2. The number of nitrogens with zero attached hydrogens (tertiary/aromatic N) is 3. The van der Waals surface area contributed by atoms with E-state index in [1.807, 2.05) is 0 Å². The number of rotatable bonds is 5. The second-order valence-electron chi connectivity index (χ2n) is 9.36. The summed E-state index contributed by atoms with van der Waals surface area (Å²) in [7, 11) is 1.20. The van der Waals surface area contributed by atoms with Crippen molar-refractivity contribution in [2.45, 2.75) is 18.9 Å². The van der Waals surface area contributed by atoms with Gasteiger partial charge in [0.25, 0.3) is 17.7 Å². The van der Waals surface area contributed by atoms with Gasteiger partial charge < -0.3 is 15.0 Å². The zero-order chi connectivity index (χ0) is 27.7. The highest BCUT2D eigenvalue weighted by Crippen LogP contribution is 2.36. The Morgan fingerprint density at radius 3 is 2.44 bits per heavy atom. The van der Waals surface area contributed by atoms with Crippen LogP contribution in [0.2, 0.25) is 10.0 Å². The minimum absolute atomic E-state index is 0.0238. The van der Waals surface area contributed by atoms with Gasteiger partial charge in [-0.2, -0.15) is 4.99 Å². The van der Waals surface area contributed by atoms with Gasteiger partial charge in [0.05, 0.1) is 28.3 Å². The summed E-state index contributed by atoms with van der Waals surface area (Å²) in [5.41, 5.74) is 0.919. The molecule has 0 spiro atoms. The van der Waals surface area contributed by atoms with Gasteiger partial charge in [0.15, 0.2) is 5.17 Å². The predicted octanol–water partition coefficient (Wildman–Crippen LogP) is 4.15. The van der Waals surface area contributed by atoms with Crippen molar-refractivity contribution in [1.82, 2.24) is 10.2 Å². The Kier molecular flexibility index (Phi) is 8.08. The van der Waals surface area contributed by atoms with E-state index >= 15 is 0 Å². The first-order valence-electron chi connectivity index (χ1n) is 12.3. The van der Waals surface area contributed by atoms with Crippen molar-refractivity contribution in [2.75, 3.05) is 31.6 Å². The average Bonchev–Trinajstić information content (AvgIpc) is 3.23.